The first-order chi connectivity index (χ1) is 10.2. The summed E-state index contributed by atoms with van der Waals surface area (Å²) in [6.45, 7) is 4.66. The lowest BCUT2D eigenvalue weighted by molar-refractivity contribution is 0.314. The highest BCUT2D eigenvalue weighted by atomic mass is 35.5. The Morgan fingerprint density at radius 3 is 2.86 bits per heavy atom. The van der Waals surface area contributed by atoms with Gasteiger partial charge >= 0.3 is 0 Å². The smallest absolute Gasteiger partial charge is 0.291 e. The summed E-state index contributed by atoms with van der Waals surface area (Å²) in [5.41, 5.74) is 0.405. The first-order valence-electron chi connectivity index (χ1n) is 7.53. The van der Waals surface area contributed by atoms with E-state index in [-0.39, 0.29) is 5.56 Å². The second-order valence-corrected chi connectivity index (χ2v) is 7.31. The Bertz CT molecular complexity index is 540. The molecule has 5 nitrogen and oxygen atoms in total. The summed E-state index contributed by atoms with van der Waals surface area (Å²) in [6, 6.07) is 0. The van der Waals surface area contributed by atoms with E-state index >= 15 is 0 Å². The highest BCUT2D eigenvalue weighted by molar-refractivity contribution is 7.99. The maximum absolute atomic E-state index is 12.4. The van der Waals surface area contributed by atoms with Crippen LogP contribution in [0, 0.1) is 5.92 Å². The molecule has 0 aromatic carbocycles. The minimum Gasteiger partial charge on any atom is -0.378 e. The van der Waals surface area contributed by atoms with Gasteiger partial charge in [0.15, 0.2) is 0 Å². The fourth-order valence-electron chi connectivity index (χ4n) is 2.47. The summed E-state index contributed by atoms with van der Waals surface area (Å²) in [5, 5.41) is 7.76. The molecule has 1 aliphatic carbocycles. The standard InChI is InChI=1S/C14H21ClN4OS/c15-12-9-17-19(10-11-1-2-11)14(20)13(12)16-3-4-18-5-7-21-8-6-18/h9,11,16H,1-8,10H2. The Balaban J connectivity index is 1.59. The minimum absolute atomic E-state index is 0.0939. The van der Waals surface area contributed by atoms with Crippen molar-refractivity contribution in [2.24, 2.45) is 5.92 Å². The number of nitrogens with zero attached hydrogens (tertiary/aromatic N) is 3. The second kappa shape index (κ2) is 7.03. The molecule has 1 N–H and O–H groups in total. The van der Waals surface area contributed by atoms with Gasteiger partial charge < -0.3 is 5.32 Å². The van der Waals surface area contributed by atoms with Crippen molar-refractivity contribution in [1.82, 2.24) is 14.7 Å². The Morgan fingerprint density at radius 2 is 2.14 bits per heavy atom. The van der Waals surface area contributed by atoms with Crippen molar-refractivity contribution >= 4 is 29.1 Å². The predicted octanol–water partition coefficient (Wildman–Crippen LogP) is 1.77. The molecule has 0 spiro atoms. The van der Waals surface area contributed by atoms with Gasteiger partial charge in [-0.05, 0) is 18.8 Å². The van der Waals surface area contributed by atoms with Gasteiger partial charge in [0.2, 0.25) is 0 Å². The molecule has 3 rings (SSSR count). The summed E-state index contributed by atoms with van der Waals surface area (Å²) in [5.74, 6) is 3.02. The molecule has 2 aliphatic rings. The van der Waals surface area contributed by atoms with Crippen LogP contribution in [0.3, 0.4) is 0 Å². The van der Waals surface area contributed by atoms with Crippen LogP contribution in [-0.2, 0) is 6.54 Å². The van der Waals surface area contributed by atoms with E-state index in [1.165, 1.54) is 24.3 Å². The van der Waals surface area contributed by atoms with Gasteiger partial charge in [-0.1, -0.05) is 11.6 Å². The van der Waals surface area contributed by atoms with Crippen LogP contribution in [0.5, 0.6) is 0 Å². The number of hydrogen-bond acceptors (Lipinski definition) is 5. The molecule has 1 saturated heterocycles. The molecular formula is C14H21ClN4OS. The number of hydrogen-bond donors (Lipinski definition) is 1. The molecule has 2 fully saturated rings. The Labute approximate surface area is 134 Å². The zero-order chi connectivity index (χ0) is 14.7. The van der Waals surface area contributed by atoms with Gasteiger partial charge in [0, 0.05) is 44.2 Å². The first kappa shape index (κ1) is 15.2. The van der Waals surface area contributed by atoms with E-state index in [0.29, 0.717) is 23.2 Å². The lowest BCUT2D eigenvalue weighted by Gasteiger charge is -2.26. The van der Waals surface area contributed by atoms with E-state index in [1.54, 1.807) is 10.9 Å². The quantitative estimate of drug-likeness (QED) is 0.862. The molecular weight excluding hydrogens is 308 g/mol. The fourth-order valence-corrected chi connectivity index (χ4v) is 3.64. The maximum atomic E-state index is 12.4. The summed E-state index contributed by atoms with van der Waals surface area (Å²) < 4.78 is 1.55. The van der Waals surface area contributed by atoms with Gasteiger partial charge in [0.25, 0.3) is 5.56 Å². The topological polar surface area (TPSA) is 50.2 Å². The molecule has 1 aromatic rings. The van der Waals surface area contributed by atoms with Crippen LogP contribution in [0.4, 0.5) is 5.69 Å². The van der Waals surface area contributed by atoms with E-state index in [0.717, 1.165) is 26.2 Å². The molecule has 1 aromatic heterocycles. The average molecular weight is 329 g/mol. The molecule has 1 saturated carbocycles. The van der Waals surface area contributed by atoms with Crippen molar-refractivity contribution in [3.05, 3.63) is 21.6 Å². The number of halogens is 1. The van der Waals surface area contributed by atoms with E-state index in [2.05, 4.69) is 15.3 Å². The Hall–Kier alpha value is -0.720. The van der Waals surface area contributed by atoms with Gasteiger partial charge in [-0.15, -0.1) is 0 Å². The molecule has 116 valence electrons. The third-order valence-corrected chi connectivity index (χ3v) is 5.19. The summed E-state index contributed by atoms with van der Waals surface area (Å²) >= 11 is 8.12. The van der Waals surface area contributed by atoms with Crippen molar-refractivity contribution in [3.8, 4) is 0 Å². The number of aromatic nitrogens is 2. The molecule has 2 heterocycles. The van der Waals surface area contributed by atoms with Crippen LogP contribution in [0.2, 0.25) is 5.02 Å². The van der Waals surface area contributed by atoms with E-state index in [4.69, 9.17) is 11.6 Å². The van der Waals surface area contributed by atoms with Gasteiger partial charge in [-0.2, -0.15) is 16.9 Å². The summed E-state index contributed by atoms with van der Waals surface area (Å²) in [4.78, 5) is 14.8. The zero-order valence-corrected chi connectivity index (χ0v) is 13.6. The zero-order valence-electron chi connectivity index (χ0n) is 12.1. The van der Waals surface area contributed by atoms with Crippen molar-refractivity contribution < 1.29 is 0 Å². The molecule has 0 bridgehead atoms. The molecule has 0 radical (unpaired) electrons. The number of nitrogens with one attached hydrogen (secondary N) is 1. The SMILES string of the molecule is O=c1c(NCCN2CCSCC2)c(Cl)cnn1CC1CC1. The van der Waals surface area contributed by atoms with Crippen LogP contribution in [-0.4, -0.2) is 52.4 Å². The van der Waals surface area contributed by atoms with E-state index < -0.39 is 0 Å². The Kier molecular flexibility index (Phi) is 5.08. The third-order valence-electron chi connectivity index (χ3n) is 3.96. The normalized spacial score (nSPS) is 19.7. The summed E-state index contributed by atoms with van der Waals surface area (Å²) in [7, 11) is 0. The monoisotopic (exact) mass is 328 g/mol. The highest BCUT2D eigenvalue weighted by Crippen LogP contribution is 2.30. The van der Waals surface area contributed by atoms with E-state index in [1.807, 2.05) is 11.8 Å². The van der Waals surface area contributed by atoms with Crippen LogP contribution >= 0.6 is 23.4 Å². The number of anilines is 1. The first-order valence-corrected chi connectivity index (χ1v) is 9.07. The van der Waals surface area contributed by atoms with Crippen LogP contribution < -0.4 is 10.9 Å². The largest absolute Gasteiger partial charge is 0.378 e. The lowest BCUT2D eigenvalue weighted by atomic mass is 10.4. The molecule has 7 heteroatoms. The molecule has 0 amide bonds. The average Bonchev–Trinajstić information content (AvgIpc) is 3.31. The van der Waals surface area contributed by atoms with Crippen molar-refractivity contribution in [3.63, 3.8) is 0 Å². The summed E-state index contributed by atoms with van der Waals surface area (Å²) in [6.07, 6.45) is 3.98. The van der Waals surface area contributed by atoms with Crippen LogP contribution in [0.15, 0.2) is 11.0 Å². The third kappa shape index (κ3) is 4.14. The maximum Gasteiger partial charge on any atom is 0.291 e. The van der Waals surface area contributed by atoms with Gasteiger partial charge in [-0.3, -0.25) is 9.69 Å². The Morgan fingerprint density at radius 1 is 1.38 bits per heavy atom. The van der Waals surface area contributed by atoms with Crippen LogP contribution in [0.1, 0.15) is 12.8 Å². The molecule has 1 aliphatic heterocycles. The number of thioether (sulfide) groups is 1. The molecule has 0 unspecified atom stereocenters. The van der Waals surface area contributed by atoms with Crippen molar-refractivity contribution in [1.29, 1.82) is 0 Å². The molecule has 21 heavy (non-hydrogen) atoms. The van der Waals surface area contributed by atoms with Gasteiger partial charge in [-0.25, -0.2) is 4.68 Å². The predicted molar refractivity (Wildman–Crippen MR) is 88.5 cm³/mol. The minimum atomic E-state index is -0.0939. The highest BCUT2D eigenvalue weighted by Gasteiger charge is 2.23. The lowest BCUT2D eigenvalue weighted by Crippen LogP contribution is -2.37. The van der Waals surface area contributed by atoms with Crippen molar-refractivity contribution in [2.45, 2.75) is 19.4 Å². The van der Waals surface area contributed by atoms with Gasteiger partial charge in [0.05, 0.1) is 11.2 Å². The van der Waals surface area contributed by atoms with E-state index in [9.17, 15) is 4.79 Å². The molecule has 0 atom stereocenters. The second-order valence-electron chi connectivity index (χ2n) is 5.68. The fraction of sp³-hybridized carbons (Fsp3) is 0.714. The van der Waals surface area contributed by atoms with Crippen molar-refractivity contribution in [2.75, 3.05) is 43.0 Å². The van der Waals surface area contributed by atoms with Gasteiger partial charge in [0.1, 0.15) is 5.69 Å². The van der Waals surface area contributed by atoms with Crippen LogP contribution in [0.25, 0.3) is 0 Å². The number of rotatable bonds is 6.